The molecule has 0 radical (unpaired) electrons. The smallest absolute Gasteiger partial charge is 0.410 e. The van der Waals surface area contributed by atoms with Crippen LogP contribution in [0.2, 0.25) is 0 Å². The zero-order valence-electron chi connectivity index (χ0n) is 23.8. The molecule has 2 aromatic rings. The molecule has 4 aliphatic heterocycles. The Balaban J connectivity index is 1.22. The Hall–Kier alpha value is -2.54. The number of hydrogen-bond acceptors (Lipinski definition) is 10. The third-order valence-electron chi connectivity index (χ3n) is 8.70. The highest BCUT2D eigenvalue weighted by molar-refractivity contribution is 5.81. The number of carbonyl (C=O) groups excluding carboxylic acids is 1. The molecule has 0 saturated carbocycles. The lowest BCUT2D eigenvalue weighted by atomic mass is 9.84. The highest BCUT2D eigenvalue weighted by Crippen LogP contribution is 2.52. The maximum Gasteiger partial charge on any atom is 0.410 e. The van der Waals surface area contributed by atoms with Gasteiger partial charge in [-0.3, -0.25) is 9.47 Å². The number of hydrogen-bond donors (Lipinski definition) is 1. The number of aromatic nitrogens is 4. The van der Waals surface area contributed by atoms with E-state index < -0.39 is 23.2 Å². The van der Waals surface area contributed by atoms with Gasteiger partial charge in [-0.1, -0.05) is 0 Å². The van der Waals surface area contributed by atoms with Crippen molar-refractivity contribution in [1.29, 1.82) is 0 Å². The van der Waals surface area contributed by atoms with Crippen LogP contribution in [0.1, 0.15) is 73.5 Å². The van der Waals surface area contributed by atoms with Crippen LogP contribution in [0.4, 0.5) is 10.6 Å². The summed E-state index contributed by atoms with van der Waals surface area (Å²) in [5, 5.41) is 0. The minimum atomic E-state index is -0.758. The molecule has 39 heavy (non-hydrogen) atoms. The van der Waals surface area contributed by atoms with Crippen LogP contribution >= 0.6 is 0 Å². The number of piperidine rings is 1. The molecule has 214 valence electrons. The highest BCUT2D eigenvalue weighted by atomic mass is 16.8. The van der Waals surface area contributed by atoms with Gasteiger partial charge in [0.25, 0.3) is 0 Å². The molecule has 0 aliphatic carbocycles. The first-order valence-electron chi connectivity index (χ1n) is 14.0. The molecule has 1 amide bonds. The molecule has 2 N–H and O–H groups in total. The Labute approximate surface area is 229 Å². The van der Waals surface area contributed by atoms with E-state index in [0.29, 0.717) is 36.6 Å². The fraction of sp³-hybridized carbons (Fsp3) is 0.778. The second-order valence-electron chi connectivity index (χ2n) is 13.1. The Bertz CT molecular complexity index is 1250. The average Bonchev–Trinajstić information content (AvgIpc) is 3.55. The van der Waals surface area contributed by atoms with Gasteiger partial charge in [0.2, 0.25) is 0 Å². The number of amides is 1. The van der Waals surface area contributed by atoms with Crippen molar-refractivity contribution in [1.82, 2.24) is 29.3 Å². The predicted molar refractivity (Wildman–Crippen MR) is 143 cm³/mol. The summed E-state index contributed by atoms with van der Waals surface area (Å²) in [6.07, 6.45) is 5.96. The Morgan fingerprint density at radius 2 is 1.87 bits per heavy atom. The van der Waals surface area contributed by atoms with Crippen molar-refractivity contribution in [2.24, 2.45) is 0 Å². The minimum absolute atomic E-state index is 0.0364. The van der Waals surface area contributed by atoms with E-state index in [4.69, 9.17) is 24.7 Å². The van der Waals surface area contributed by atoms with Crippen LogP contribution in [-0.4, -0.2) is 96.3 Å². The van der Waals surface area contributed by atoms with Gasteiger partial charge in [-0.25, -0.2) is 19.7 Å². The molecule has 12 nitrogen and oxygen atoms in total. The van der Waals surface area contributed by atoms with Gasteiger partial charge in [0.05, 0.1) is 6.33 Å². The van der Waals surface area contributed by atoms with E-state index in [1.807, 2.05) is 51.0 Å². The standard InChI is InChI=1S/C27H41N7O5/c1-24(2,3)38-23(35)32-12-9-27(10-13-32)8-7-11-33(27)14-17-19-26(6,39-25(4,5)37-19)22(36-17)34-16-31-18-20(28)29-15-30-21(18)34/h15-17,19,22H,7-14H2,1-6H3,(H2,28,29,30)/t17-,19-,22-,26-/m1/s1. The van der Waals surface area contributed by atoms with Gasteiger partial charge >= 0.3 is 6.09 Å². The van der Waals surface area contributed by atoms with Crippen LogP contribution < -0.4 is 5.73 Å². The molecule has 12 heteroatoms. The summed E-state index contributed by atoms with van der Waals surface area (Å²) in [4.78, 5) is 30.1. The van der Waals surface area contributed by atoms with Gasteiger partial charge in [0.15, 0.2) is 23.5 Å². The summed E-state index contributed by atoms with van der Waals surface area (Å²) in [6.45, 7) is 14.7. The van der Waals surface area contributed by atoms with E-state index in [9.17, 15) is 4.79 Å². The molecule has 0 bridgehead atoms. The summed E-state index contributed by atoms with van der Waals surface area (Å²) in [5.74, 6) is -0.429. The van der Waals surface area contributed by atoms with Gasteiger partial charge in [-0.15, -0.1) is 0 Å². The Morgan fingerprint density at radius 3 is 2.59 bits per heavy atom. The molecular formula is C27H41N7O5. The van der Waals surface area contributed by atoms with Crippen LogP contribution in [0.25, 0.3) is 11.2 Å². The highest BCUT2D eigenvalue weighted by Gasteiger charge is 2.65. The number of ether oxygens (including phenoxy) is 4. The van der Waals surface area contributed by atoms with E-state index in [1.165, 1.54) is 6.33 Å². The van der Waals surface area contributed by atoms with Gasteiger partial charge in [0.1, 0.15) is 35.3 Å². The van der Waals surface area contributed by atoms with Crippen LogP contribution in [-0.2, 0) is 18.9 Å². The predicted octanol–water partition coefficient (Wildman–Crippen LogP) is 3.08. The SMILES string of the molecule is CC(C)(C)OC(=O)N1CCC2(CCCN2C[C@H]2O[C@@H](n3cnc4c(N)ncnc43)[C@]3(C)OC(C)(C)O[C@H]23)CC1. The normalized spacial score (nSPS) is 32.3. The fourth-order valence-electron chi connectivity index (χ4n) is 7.06. The molecule has 4 aliphatic rings. The number of imidazole rings is 1. The van der Waals surface area contributed by atoms with E-state index in [2.05, 4.69) is 19.9 Å². The van der Waals surface area contributed by atoms with Crippen LogP contribution in [0, 0.1) is 0 Å². The molecule has 6 rings (SSSR count). The number of nitrogen functional groups attached to an aromatic ring is 1. The van der Waals surface area contributed by atoms with E-state index >= 15 is 0 Å². The summed E-state index contributed by atoms with van der Waals surface area (Å²) >= 11 is 0. The van der Waals surface area contributed by atoms with Gasteiger partial charge in [0, 0.05) is 25.2 Å². The number of fused-ring (bicyclic) bond motifs is 2. The fourth-order valence-corrected chi connectivity index (χ4v) is 7.06. The summed E-state index contributed by atoms with van der Waals surface area (Å²) in [5.41, 5.74) is 5.99. The second-order valence-corrected chi connectivity index (χ2v) is 13.1. The molecule has 0 aromatic carbocycles. The van der Waals surface area contributed by atoms with Crippen LogP contribution in [0.15, 0.2) is 12.7 Å². The summed E-state index contributed by atoms with van der Waals surface area (Å²) < 4.78 is 27.3. The van der Waals surface area contributed by atoms with Crippen molar-refractivity contribution in [3.63, 3.8) is 0 Å². The molecule has 1 spiro atoms. The third-order valence-corrected chi connectivity index (χ3v) is 8.70. The van der Waals surface area contributed by atoms with E-state index in [0.717, 1.165) is 32.2 Å². The molecule has 4 saturated heterocycles. The molecule has 2 aromatic heterocycles. The molecule has 4 fully saturated rings. The maximum atomic E-state index is 12.7. The number of rotatable bonds is 3. The molecular weight excluding hydrogens is 502 g/mol. The molecule has 6 heterocycles. The van der Waals surface area contributed by atoms with Gasteiger partial charge < -0.3 is 29.6 Å². The molecule has 0 unspecified atom stereocenters. The van der Waals surface area contributed by atoms with Crippen molar-refractivity contribution in [3.8, 4) is 0 Å². The van der Waals surface area contributed by atoms with Crippen LogP contribution in [0.5, 0.6) is 0 Å². The maximum absolute atomic E-state index is 12.7. The number of carbonyl (C=O) groups is 1. The van der Waals surface area contributed by atoms with Gasteiger partial charge in [-0.2, -0.15) is 0 Å². The van der Waals surface area contributed by atoms with Crippen molar-refractivity contribution in [2.75, 3.05) is 31.9 Å². The average molecular weight is 544 g/mol. The quantitative estimate of drug-likeness (QED) is 0.616. The second kappa shape index (κ2) is 8.98. The van der Waals surface area contributed by atoms with Crippen molar-refractivity contribution < 1.29 is 23.7 Å². The van der Waals surface area contributed by atoms with E-state index in [-0.39, 0.29) is 23.8 Å². The summed E-state index contributed by atoms with van der Waals surface area (Å²) in [7, 11) is 0. The third kappa shape index (κ3) is 4.55. The number of likely N-dealkylation sites (tertiary alicyclic amines) is 2. The minimum Gasteiger partial charge on any atom is -0.444 e. The van der Waals surface area contributed by atoms with Crippen molar-refractivity contribution >= 4 is 23.1 Å². The van der Waals surface area contributed by atoms with Crippen molar-refractivity contribution in [2.45, 2.75) is 108 Å². The number of nitrogens with two attached hydrogens (primary N) is 1. The lowest BCUT2D eigenvalue weighted by molar-refractivity contribution is -0.216. The lowest BCUT2D eigenvalue weighted by Crippen LogP contribution is -2.56. The first-order chi connectivity index (χ1) is 18.3. The first-order valence-corrected chi connectivity index (χ1v) is 14.0. The van der Waals surface area contributed by atoms with Crippen LogP contribution in [0.3, 0.4) is 0 Å². The zero-order chi connectivity index (χ0) is 27.8. The largest absolute Gasteiger partial charge is 0.444 e. The van der Waals surface area contributed by atoms with Gasteiger partial charge in [-0.05, 0) is 73.8 Å². The summed E-state index contributed by atoms with van der Waals surface area (Å²) in [6, 6.07) is 0. The zero-order valence-corrected chi connectivity index (χ0v) is 23.8. The topological polar surface area (TPSA) is 130 Å². The Morgan fingerprint density at radius 1 is 1.13 bits per heavy atom. The monoisotopic (exact) mass is 543 g/mol. The first kappa shape index (κ1) is 26.7. The lowest BCUT2D eigenvalue weighted by Gasteiger charge is -2.46. The molecule has 4 atom stereocenters. The number of nitrogens with zero attached hydrogens (tertiary/aromatic N) is 6. The van der Waals surface area contributed by atoms with E-state index in [1.54, 1.807) is 6.33 Å². The Kier molecular flexibility index (Phi) is 6.14. The van der Waals surface area contributed by atoms with Crippen molar-refractivity contribution in [3.05, 3.63) is 12.7 Å². The number of anilines is 1.